The highest BCUT2D eigenvalue weighted by Crippen LogP contribution is 2.41. The number of fused-ring (bicyclic) bond motifs is 2. The van der Waals surface area contributed by atoms with Crippen molar-refractivity contribution in [3.63, 3.8) is 0 Å². The lowest BCUT2D eigenvalue weighted by atomic mass is 10.2. The fourth-order valence-corrected chi connectivity index (χ4v) is 2.86. The van der Waals surface area contributed by atoms with Gasteiger partial charge in [0.15, 0.2) is 0 Å². The van der Waals surface area contributed by atoms with Gasteiger partial charge in [0, 0.05) is 11.6 Å². The molecule has 0 bridgehead atoms. The molecule has 122 valence electrons. The van der Waals surface area contributed by atoms with Gasteiger partial charge in [0.2, 0.25) is 6.79 Å². The van der Waals surface area contributed by atoms with Crippen LogP contribution >= 0.6 is 11.6 Å². The molecule has 0 saturated heterocycles. The van der Waals surface area contributed by atoms with Crippen molar-refractivity contribution in [1.29, 1.82) is 0 Å². The molecule has 0 fully saturated rings. The molecule has 3 rings (SSSR count). The molecule has 0 atom stereocenters. The number of anilines is 2. The third-order valence-corrected chi connectivity index (χ3v) is 4.02. The average molecular weight is 333 g/mol. The standard InChI is InChI=1S/C18H21ClN2O2/c1-20(2)10-5-11-21-15-6-3-4-7-17(15)22-13-23-18-9-8-14(19)12-16(18)21/h3-4,6-9,12H,5,10-11,13H2,1-2H3. The summed E-state index contributed by atoms with van der Waals surface area (Å²) in [5, 5.41) is 0.698. The molecule has 0 amide bonds. The van der Waals surface area contributed by atoms with Gasteiger partial charge < -0.3 is 19.3 Å². The van der Waals surface area contributed by atoms with E-state index in [0.717, 1.165) is 42.4 Å². The molecule has 0 spiro atoms. The highest BCUT2D eigenvalue weighted by molar-refractivity contribution is 6.31. The molecule has 4 nitrogen and oxygen atoms in total. The Hall–Kier alpha value is -1.91. The van der Waals surface area contributed by atoms with Crippen LogP contribution in [0.25, 0.3) is 0 Å². The van der Waals surface area contributed by atoms with E-state index in [9.17, 15) is 0 Å². The largest absolute Gasteiger partial charge is 0.455 e. The lowest BCUT2D eigenvalue weighted by Gasteiger charge is -2.31. The fraction of sp³-hybridized carbons (Fsp3) is 0.333. The number of nitrogens with zero attached hydrogens (tertiary/aromatic N) is 2. The van der Waals surface area contributed by atoms with Crippen molar-refractivity contribution < 1.29 is 9.47 Å². The Morgan fingerprint density at radius 2 is 1.78 bits per heavy atom. The second-order valence-electron chi connectivity index (χ2n) is 5.79. The first kappa shape index (κ1) is 16.0. The van der Waals surface area contributed by atoms with Gasteiger partial charge >= 0.3 is 0 Å². The molecule has 1 heterocycles. The molecule has 1 aliphatic heterocycles. The molecule has 2 aromatic rings. The third-order valence-electron chi connectivity index (χ3n) is 3.78. The van der Waals surface area contributed by atoms with Crippen LogP contribution in [0.5, 0.6) is 11.5 Å². The first-order chi connectivity index (χ1) is 11.1. The van der Waals surface area contributed by atoms with Gasteiger partial charge in [-0.15, -0.1) is 0 Å². The van der Waals surface area contributed by atoms with E-state index in [0.29, 0.717) is 5.02 Å². The molecule has 0 aliphatic carbocycles. The van der Waals surface area contributed by atoms with Crippen LogP contribution in [-0.2, 0) is 0 Å². The Morgan fingerprint density at radius 1 is 1.04 bits per heavy atom. The van der Waals surface area contributed by atoms with Crippen LogP contribution in [0.4, 0.5) is 11.4 Å². The monoisotopic (exact) mass is 332 g/mol. The molecular weight excluding hydrogens is 312 g/mol. The Kier molecular flexibility index (Phi) is 4.94. The molecule has 0 unspecified atom stereocenters. The van der Waals surface area contributed by atoms with Crippen LogP contribution < -0.4 is 14.4 Å². The maximum absolute atomic E-state index is 6.23. The summed E-state index contributed by atoms with van der Waals surface area (Å²) in [5.74, 6) is 1.61. The molecule has 0 aromatic heterocycles. The van der Waals surface area contributed by atoms with Gasteiger partial charge in [0.25, 0.3) is 0 Å². The molecule has 2 aromatic carbocycles. The van der Waals surface area contributed by atoms with Crippen molar-refractivity contribution in [3.05, 3.63) is 47.5 Å². The van der Waals surface area contributed by atoms with E-state index in [1.165, 1.54) is 0 Å². The molecule has 0 N–H and O–H groups in total. The molecule has 0 radical (unpaired) electrons. The summed E-state index contributed by atoms with van der Waals surface area (Å²) >= 11 is 6.23. The first-order valence-electron chi connectivity index (χ1n) is 7.71. The van der Waals surface area contributed by atoms with Crippen molar-refractivity contribution in [3.8, 4) is 11.5 Å². The highest BCUT2D eigenvalue weighted by Gasteiger charge is 2.21. The van der Waals surface area contributed by atoms with Crippen molar-refractivity contribution in [2.75, 3.05) is 38.9 Å². The van der Waals surface area contributed by atoms with Gasteiger partial charge in [-0.3, -0.25) is 0 Å². The number of halogens is 1. The molecule has 1 aliphatic rings. The Morgan fingerprint density at radius 3 is 2.57 bits per heavy atom. The van der Waals surface area contributed by atoms with E-state index in [1.54, 1.807) is 0 Å². The van der Waals surface area contributed by atoms with E-state index < -0.39 is 0 Å². The van der Waals surface area contributed by atoms with Crippen molar-refractivity contribution in [2.45, 2.75) is 6.42 Å². The number of rotatable bonds is 4. The van der Waals surface area contributed by atoms with Crippen LogP contribution in [0.15, 0.2) is 42.5 Å². The Balaban J connectivity index is 2.00. The topological polar surface area (TPSA) is 24.9 Å². The minimum atomic E-state index is 0.192. The predicted octanol–water partition coefficient (Wildman–Crippen LogP) is 4.16. The van der Waals surface area contributed by atoms with Crippen molar-refractivity contribution in [1.82, 2.24) is 4.90 Å². The third kappa shape index (κ3) is 3.71. The number of para-hydroxylation sites is 2. The van der Waals surface area contributed by atoms with Gasteiger partial charge in [-0.05, 0) is 57.4 Å². The maximum atomic E-state index is 6.23. The average Bonchev–Trinajstić information content (AvgIpc) is 2.52. The summed E-state index contributed by atoms with van der Waals surface area (Å²) < 4.78 is 11.5. The summed E-state index contributed by atoms with van der Waals surface area (Å²) in [6, 6.07) is 13.7. The number of hydrogen-bond acceptors (Lipinski definition) is 4. The van der Waals surface area contributed by atoms with Crippen LogP contribution in [0.3, 0.4) is 0 Å². The van der Waals surface area contributed by atoms with Crippen LogP contribution in [0.1, 0.15) is 6.42 Å². The summed E-state index contributed by atoms with van der Waals surface area (Å²) in [7, 11) is 4.16. The Labute approximate surface area is 142 Å². The second-order valence-corrected chi connectivity index (χ2v) is 6.23. The zero-order valence-corrected chi connectivity index (χ0v) is 14.2. The maximum Gasteiger partial charge on any atom is 0.231 e. The SMILES string of the molecule is CN(C)CCCN1c2ccccc2OCOc2ccc(Cl)cc21. The van der Waals surface area contributed by atoms with Crippen molar-refractivity contribution in [2.24, 2.45) is 0 Å². The number of ether oxygens (including phenoxy) is 2. The highest BCUT2D eigenvalue weighted by atomic mass is 35.5. The summed E-state index contributed by atoms with van der Waals surface area (Å²) in [5.41, 5.74) is 2.02. The van der Waals surface area contributed by atoms with Crippen LogP contribution in [-0.4, -0.2) is 38.9 Å². The van der Waals surface area contributed by atoms with Gasteiger partial charge in [0.1, 0.15) is 11.5 Å². The normalized spacial score (nSPS) is 13.5. The summed E-state index contributed by atoms with van der Waals surface area (Å²) in [6.45, 7) is 2.06. The van der Waals surface area contributed by atoms with E-state index in [-0.39, 0.29) is 6.79 Å². The second kappa shape index (κ2) is 7.11. The first-order valence-corrected chi connectivity index (χ1v) is 8.09. The van der Waals surface area contributed by atoms with E-state index in [1.807, 2.05) is 36.4 Å². The summed E-state index contributed by atoms with van der Waals surface area (Å²) in [4.78, 5) is 4.40. The lowest BCUT2D eigenvalue weighted by Crippen LogP contribution is -2.26. The minimum absolute atomic E-state index is 0.192. The molecule has 0 saturated carbocycles. The van der Waals surface area contributed by atoms with E-state index in [2.05, 4.69) is 30.0 Å². The minimum Gasteiger partial charge on any atom is -0.455 e. The molecule has 23 heavy (non-hydrogen) atoms. The van der Waals surface area contributed by atoms with Gasteiger partial charge in [-0.1, -0.05) is 23.7 Å². The number of benzene rings is 2. The quantitative estimate of drug-likeness (QED) is 0.839. The smallest absolute Gasteiger partial charge is 0.231 e. The van der Waals surface area contributed by atoms with Crippen molar-refractivity contribution >= 4 is 23.0 Å². The van der Waals surface area contributed by atoms with Crippen LogP contribution in [0, 0.1) is 0 Å². The van der Waals surface area contributed by atoms with Gasteiger partial charge in [-0.25, -0.2) is 0 Å². The van der Waals surface area contributed by atoms with Gasteiger partial charge in [0.05, 0.1) is 11.4 Å². The molecule has 5 heteroatoms. The zero-order valence-electron chi connectivity index (χ0n) is 13.5. The van der Waals surface area contributed by atoms with Crippen LogP contribution in [0.2, 0.25) is 5.02 Å². The lowest BCUT2D eigenvalue weighted by molar-refractivity contribution is 0.119. The predicted molar refractivity (Wildman–Crippen MR) is 94.2 cm³/mol. The fourth-order valence-electron chi connectivity index (χ4n) is 2.70. The zero-order chi connectivity index (χ0) is 16.2. The van der Waals surface area contributed by atoms with Gasteiger partial charge in [-0.2, -0.15) is 0 Å². The summed E-state index contributed by atoms with van der Waals surface area (Å²) in [6.07, 6.45) is 1.02. The van der Waals surface area contributed by atoms with E-state index >= 15 is 0 Å². The number of hydrogen-bond donors (Lipinski definition) is 0. The van der Waals surface area contributed by atoms with E-state index in [4.69, 9.17) is 21.1 Å². The molecular formula is C18H21ClN2O2. The Bertz CT molecular complexity index is 676.